The lowest BCUT2D eigenvalue weighted by atomic mass is 10.1. The number of amides is 1. The summed E-state index contributed by atoms with van der Waals surface area (Å²) in [6.45, 7) is 6.18. The van der Waals surface area contributed by atoms with Gasteiger partial charge in [0.1, 0.15) is 5.69 Å². The molecule has 1 heterocycles. The van der Waals surface area contributed by atoms with Crippen molar-refractivity contribution >= 4 is 23.3 Å². The molecule has 1 aromatic heterocycles. The van der Waals surface area contributed by atoms with Crippen molar-refractivity contribution in [2.24, 2.45) is 0 Å². The second kappa shape index (κ2) is 8.19. The maximum Gasteiger partial charge on any atom is 0.274 e. The molecule has 0 atom stereocenters. The molecule has 1 amide bonds. The minimum absolute atomic E-state index is 0.0496. The third-order valence-electron chi connectivity index (χ3n) is 3.43. The van der Waals surface area contributed by atoms with Crippen molar-refractivity contribution in [3.05, 3.63) is 47.3 Å². The molecule has 0 saturated carbocycles. The first-order valence-electron chi connectivity index (χ1n) is 8.01. The van der Waals surface area contributed by atoms with Crippen LogP contribution >= 0.6 is 0 Å². The molecule has 2 aromatic rings. The van der Waals surface area contributed by atoms with Crippen LogP contribution in [0.15, 0.2) is 30.3 Å². The third kappa shape index (κ3) is 4.87. The Bertz CT molecular complexity index is 744. The molecule has 0 aliphatic carbocycles. The highest BCUT2D eigenvalue weighted by Gasteiger charge is 2.11. The number of aromatic nitrogens is 2. The first-order chi connectivity index (χ1) is 11.5. The van der Waals surface area contributed by atoms with Gasteiger partial charge in [-0.25, -0.2) is 9.97 Å². The van der Waals surface area contributed by atoms with Crippen LogP contribution in [0.1, 0.15) is 53.2 Å². The van der Waals surface area contributed by atoms with Crippen LogP contribution < -0.4 is 10.6 Å². The molecule has 0 aliphatic rings. The molecular formula is C18H22N4O2. The van der Waals surface area contributed by atoms with Gasteiger partial charge in [0.25, 0.3) is 5.91 Å². The van der Waals surface area contributed by atoms with E-state index >= 15 is 0 Å². The molecule has 0 unspecified atom stereocenters. The van der Waals surface area contributed by atoms with E-state index < -0.39 is 0 Å². The fourth-order valence-corrected chi connectivity index (χ4v) is 2.15. The van der Waals surface area contributed by atoms with Crippen molar-refractivity contribution in [3.63, 3.8) is 0 Å². The number of ketones is 1. The summed E-state index contributed by atoms with van der Waals surface area (Å²) in [5.41, 5.74) is 2.11. The topological polar surface area (TPSA) is 84.0 Å². The zero-order chi connectivity index (χ0) is 17.5. The highest BCUT2D eigenvalue weighted by atomic mass is 16.2. The smallest absolute Gasteiger partial charge is 0.274 e. The SMILES string of the molecule is CCCCNc1nc(C)cc(C(=O)Nc2cccc(C(C)=O)c2)n1. The van der Waals surface area contributed by atoms with Gasteiger partial charge in [0.2, 0.25) is 5.95 Å². The number of aryl methyl sites for hydroxylation is 1. The Balaban J connectivity index is 2.14. The minimum atomic E-state index is -0.334. The van der Waals surface area contributed by atoms with Gasteiger partial charge < -0.3 is 10.6 Å². The molecule has 6 nitrogen and oxygen atoms in total. The lowest BCUT2D eigenvalue weighted by Gasteiger charge is -2.09. The lowest BCUT2D eigenvalue weighted by Crippen LogP contribution is -2.16. The fraction of sp³-hybridized carbons (Fsp3) is 0.333. The van der Waals surface area contributed by atoms with Gasteiger partial charge in [-0.1, -0.05) is 25.5 Å². The van der Waals surface area contributed by atoms with E-state index in [4.69, 9.17) is 0 Å². The molecule has 24 heavy (non-hydrogen) atoms. The number of benzene rings is 1. The number of Topliss-reactive ketones (excluding diaryl/α,β-unsaturated/α-hetero) is 1. The van der Waals surface area contributed by atoms with E-state index in [0.717, 1.165) is 19.4 Å². The highest BCUT2D eigenvalue weighted by molar-refractivity contribution is 6.04. The number of unbranched alkanes of at least 4 members (excludes halogenated alkanes) is 1. The molecule has 0 radical (unpaired) electrons. The molecule has 2 rings (SSSR count). The van der Waals surface area contributed by atoms with E-state index in [1.807, 2.05) is 6.92 Å². The molecule has 1 aromatic carbocycles. The molecule has 0 saturated heterocycles. The molecule has 126 valence electrons. The first kappa shape index (κ1) is 17.6. The van der Waals surface area contributed by atoms with E-state index in [0.29, 0.717) is 22.9 Å². The summed E-state index contributed by atoms with van der Waals surface area (Å²) in [4.78, 5) is 32.4. The predicted molar refractivity (Wildman–Crippen MR) is 94.6 cm³/mol. The summed E-state index contributed by atoms with van der Waals surface area (Å²) in [5, 5.41) is 5.89. The van der Waals surface area contributed by atoms with Crippen LogP contribution in [0, 0.1) is 6.92 Å². The quantitative estimate of drug-likeness (QED) is 0.601. The average Bonchev–Trinajstić information content (AvgIpc) is 2.55. The molecule has 0 bridgehead atoms. The number of nitrogens with one attached hydrogen (secondary N) is 2. The van der Waals surface area contributed by atoms with Gasteiger partial charge in [-0.3, -0.25) is 9.59 Å². The van der Waals surface area contributed by atoms with Crippen LogP contribution in [-0.4, -0.2) is 28.2 Å². The Labute approximate surface area is 141 Å². The van der Waals surface area contributed by atoms with Gasteiger partial charge in [-0.15, -0.1) is 0 Å². The van der Waals surface area contributed by atoms with Crippen LogP contribution in [-0.2, 0) is 0 Å². The standard InChI is InChI=1S/C18H22N4O2/c1-4-5-9-19-18-20-12(2)10-16(22-18)17(24)21-15-8-6-7-14(11-15)13(3)23/h6-8,10-11H,4-5,9H2,1-3H3,(H,21,24)(H,19,20,22). The Morgan fingerprint density at radius 1 is 1.17 bits per heavy atom. The zero-order valence-electron chi connectivity index (χ0n) is 14.2. The fourth-order valence-electron chi connectivity index (χ4n) is 2.15. The Morgan fingerprint density at radius 2 is 1.96 bits per heavy atom. The molecule has 2 N–H and O–H groups in total. The van der Waals surface area contributed by atoms with E-state index in [-0.39, 0.29) is 17.4 Å². The van der Waals surface area contributed by atoms with Gasteiger partial charge in [-0.05, 0) is 38.5 Å². The summed E-state index contributed by atoms with van der Waals surface area (Å²) in [7, 11) is 0. The van der Waals surface area contributed by atoms with Crippen molar-refractivity contribution in [2.75, 3.05) is 17.2 Å². The van der Waals surface area contributed by atoms with E-state index in [9.17, 15) is 9.59 Å². The van der Waals surface area contributed by atoms with Crippen LogP contribution in [0.5, 0.6) is 0 Å². The average molecular weight is 326 g/mol. The van der Waals surface area contributed by atoms with Gasteiger partial charge in [0.05, 0.1) is 0 Å². The van der Waals surface area contributed by atoms with E-state index in [1.54, 1.807) is 30.3 Å². The van der Waals surface area contributed by atoms with E-state index in [2.05, 4.69) is 27.5 Å². The second-order valence-electron chi connectivity index (χ2n) is 5.59. The van der Waals surface area contributed by atoms with Gasteiger partial charge in [-0.2, -0.15) is 0 Å². The number of hydrogen-bond donors (Lipinski definition) is 2. The first-order valence-corrected chi connectivity index (χ1v) is 8.01. The van der Waals surface area contributed by atoms with Crippen LogP contribution in [0.25, 0.3) is 0 Å². The lowest BCUT2D eigenvalue weighted by molar-refractivity contribution is 0.100. The zero-order valence-corrected chi connectivity index (χ0v) is 14.2. The maximum absolute atomic E-state index is 12.4. The molecule has 0 aliphatic heterocycles. The molecule has 6 heteroatoms. The van der Waals surface area contributed by atoms with Crippen molar-refractivity contribution in [2.45, 2.75) is 33.6 Å². The van der Waals surface area contributed by atoms with Crippen LogP contribution in [0.3, 0.4) is 0 Å². The number of carbonyl (C=O) groups is 2. The number of anilines is 2. The molecular weight excluding hydrogens is 304 g/mol. The number of nitrogens with zero attached hydrogens (tertiary/aromatic N) is 2. The van der Waals surface area contributed by atoms with E-state index in [1.165, 1.54) is 6.92 Å². The summed E-state index contributed by atoms with van der Waals surface area (Å²) in [6.07, 6.45) is 2.08. The van der Waals surface area contributed by atoms with Crippen LogP contribution in [0.4, 0.5) is 11.6 Å². The highest BCUT2D eigenvalue weighted by Crippen LogP contribution is 2.13. The summed E-state index contributed by atoms with van der Waals surface area (Å²) < 4.78 is 0. The maximum atomic E-state index is 12.4. The Kier molecular flexibility index (Phi) is 6.01. The largest absolute Gasteiger partial charge is 0.354 e. The summed E-state index contributed by atoms with van der Waals surface area (Å²) in [5.74, 6) is 0.0669. The predicted octanol–water partition coefficient (Wildman–Crippen LogP) is 3.45. The van der Waals surface area contributed by atoms with Gasteiger partial charge in [0, 0.05) is 23.5 Å². The number of rotatable bonds is 7. The van der Waals surface area contributed by atoms with Crippen molar-refractivity contribution in [1.29, 1.82) is 0 Å². The Hall–Kier alpha value is -2.76. The van der Waals surface area contributed by atoms with Crippen LogP contribution in [0.2, 0.25) is 0 Å². The summed E-state index contributed by atoms with van der Waals surface area (Å²) >= 11 is 0. The van der Waals surface area contributed by atoms with Gasteiger partial charge >= 0.3 is 0 Å². The van der Waals surface area contributed by atoms with Gasteiger partial charge in [0.15, 0.2) is 5.78 Å². The molecule has 0 spiro atoms. The third-order valence-corrected chi connectivity index (χ3v) is 3.43. The number of carbonyl (C=O) groups excluding carboxylic acids is 2. The molecule has 0 fully saturated rings. The second-order valence-corrected chi connectivity index (χ2v) is 5.59. The Morgan fingerprint density at radius 3 is 2.67 bits per heavy atom. The monoisotopic (exact) mass is 326 g/mol. The number of hydrogen-bond acceptors (Lipinski definition) is 5. The van der Waals surface area contributed by atoms with Crippen molar-refractivity contribution < 1.29 is 9.59 Å². The minimum Gasteiger partial charge on any atom is -0.354 e. The van der Waals surface area contributed by atoms with Crippen molar-refractivity contribution in [1.82, 2.24) is 9.97 Å². The summed E-state index contributed by atoms with van der Waals surface area (Å²) in [6, 6.07) is 8.46. The normalized spacial score (nSPS) is 10.3. The van der Waals surface area contributed by atoms with Crippen molar-refractivity contribution in [3.8, 4) is 0 Å².